The van der Waals surface area contributed by atoms with Gasteiger partial charge in [-0.2, -0.15) is 0 Å². The standard InChI is InChI=1S/C17H20N2S/c1-2-9-19-17(14-7-5-10-18-12-14)16-11-13-6-3-4-8-15(13)20-16/h3-8,10,12,16-17,19H,2,9,11H2,1H3. The van der Waals surface area contributed by atoms with E-state index in [9.17, 15) is 0 Å². The third kappa shape index (κ3) is 2.89. The van der Waals surface area contributed by atoms with Crippen molar-refractivity contribution in [1.82, 2.24) is 10.3 Å². The van der Waals surface area contributed by atoms with Gasteiger partial charge in [0, 0.05) is 28.6 Å². The van der Waals surface area contributed by atoms with Crippen LogP contribution in [0.5, 0.6) is 0 Å². The Balaban J connectivity index is 1.81. The van der Waals surface area contributed by atoms with Gasteiger partial charge in [0.1, 0.15) is 0 Å². The summed E-state index contributed by atoms with van der Waals surface area (Å²) >= 11 is 2.00. The molecule has 0 radical (unpaired) electrons. The molecular formula is C17H20N2S. The van der Waals surface area contributed by atoms with Crippen molar-refractivity contribution in [2.24, 2.45) is 0 Å². The molecule has 0 saturated carbocycles. The highest BCUT2D eigenvalue weighted by atomic mass is 32.2. The molecule has 3 rings (SSSR count). The summed E-state index contributed by atoms with van der Waals surface area (Å²) < 4.78 is 0. The van der Waals surface area contributed by atoms with Crippen LogP contribution in [0.2, 0.25) is 0 Å². The lowest BCUT2D eigenvalue weighted by Gasteiger charge is -2.24. The third-order valence-electron chi connectivity index (χ3n) is 3.70. The molecule has 2 aromatic rings. The predicted octanol–water partition coefficient (Wildman–Crippen LogP) is 3.84. The van der Waals surface area contributed by atoms with Crippen molar-refractivity contribution in [2.75, 3.05) is 6.54 Å². The Morgan fingerprint density at radius 3 is 2.95 bits per heavy atom. The molecule has 2 unspecified atom stereocenters. The minimum atomic E-state index is 0.376. The predicted molar refractivity (Wildman–Crippen MR) is 85.1 cm³/mol. The first-order valence-electron chi connectivity index (χ1n) is 7.26. The zero-order valence-electron chi connectivity index (χ0n) is 11.8. The van der Waals surface area contributed by atoms with E-state index in [1.807, 2.05) is 30.2 Å². The number of aromatic nitrogens is 1. The number of pyridine rings is 1. The van der Waals surface area contributed by atoms with Crippen LogP contribution >= 0.6 is 11.8 Å². The fourth-order valence-corrected chi connectivity index (χ4v) is 4.16. The highest BCUT2D eigenvalue weighted by Crippen LogP contribution is 2.42. The van der Waals surface area contributed by atoms with Gasteiger partial charge in [0.25, 0.3) is 0 Å². The van der Waals surface area contributed by atoms with E-state index in [0.717, 1.165) is 19.4 Å². The van der Waals surface area contributed by atoms with E-state index in [0.29, 0.717) is 11.3 Å². The molecule has 104 valence electrons. The molecule has 2 heterocycles. The first-order valence-corrected chi connectivity index (χ1v) is 8.14. The molecule has 0 spiro atoms. The first-order chi connectivity index (χ1) is 9.88. The summed E-state index contributed by atoms with van der Waals surface area (Å²) in [7, 11) is 0. The second-order valence-corrected chi connectivity index (χ2v) is 6.47. The fourth-order valence-electron chi connectivity index (χ4n) is 2.72. The van der Waals surface area contributed by atoms with Gasteiger partial charge in [0.05, 0.1) is 0 Å². The Labute approximate surface area is 125 Å². The van der Waals surface area contributed by atoms with Gasteiger partial charge in [0.2, 0.25) is 0 Å². The number of rotatable bonds is 5. The second kappa shape index (κ2) is 6.42. The number of hydrogen-bond acceptors (Lipinski definition) is 3. The summed E-state index contributed by atoms with van der Waals surface area (Å²) in [6.07, 6.45) is 6.13. The SMILES string of the molecule is CCCNC(c1cccnc1)C1Cc2ccccc2S1. The smallest absolute Gasteiger partial charge is 0.0462 e. The van der Waals surface area contributed by atoms with Crippen molar-refractivity contribution < 1.29 is 0 Å². The molecule has 0 saturated heterocycles. The third-order valence-corrected chi connectivity index (χ3v) is 5.10. The monoisotopic (exact) mass is 284 g/mol. The molecule has 1 aromatic heterocycles. The van der Waals surface area contributed by atoms with Crippen LogP contribution < -0.4 is 5.32 Å². The first kappa shape index (κ1) is 13.7. The maximum Gasteiger partial charge on any atom is 0.0462 e. The molecule has 20 heavy (non-hydrogen) atoms. The largest absolute Gasteiger partial charge is 0.309 e. The molecule has 0 fully saturated rings. The lowest BCUT2D eigenvalue weighted by molar-refractivity contribution is 0.512. The Morgan fingerprint density at radius 2 is 2.20 bits per heavy atom. The number of nitrogens with zero attached hydrogens (tertiary/aromatic N) is 1. The van der Waals surface area contributed by atoms with Crippen LogP contribution in [0.3, 0.4) is 0 Å². The van der Waals surface area contributed by atoms with Crippen LogP contribution in [0.4, 0.5) is 0 Å². The number of fused-ring (bicyclic) bond motifs is 1. The average Bonchev–Trinajstić information content (AvgIpc) is 2.92. The summed E-state index contributed by atoms with van der Waals surface area (Å²) in [6, 6.07) is 13.4. The highest BCUT2D eigenvalue weighted by molar-refractivity contribution is 8.00. The minimum Gasteiger partial charge on any atom is -0.309 e. The molecule has 2 nitrogen and oxygen atoms in total. The highest BCUT2D eigenvalue weighted by Gasteiger charge is 2.30. The Kier molecular flexibility index (Phi) is 4.38. The molecule has 1 aliphatic heterocycles. The van der Waals surface area contributed by atoms with Gasteiger partial charge in [-0.05, 0) is 42.6 Å². The molecule has 0 aliphatic carbocycles. The lowest BCUT2D eigenvalue weighted by Crippen LogP contribution is -2.30. The molecule has 1 aliphatic rings. The van der Waals surface area contributed by atoms with Gasteiger partial charge >= 0.3 is 0 Å². The van der Waals surface area contributed by atoms with Crippen LogP contribution in [0, 0.1) is 0 Å². The van der Waals surface area contributed by atoms with Gasteiger partial charge in [-0.25, -0.2) is 0 Å². The van der Waals surface area contributed by atoms with Crippen molar-refractivity contribution >= 4 is 11.8 Å². The van der Waals surface area contributed by atoms with Gasteiger partial charge < -0.3 is 5.32 Å². The number of benzene rings is 1. The lowest BCUT2D eigenvalue weighted by atomic mass is 10.00. The van der Waals surface area contributed by atoms with Crippen LogP contribution in [-0.4, -0.2) is 16.8 Å². The molecule has 0 amide bonds. The fraction of sp³-hybridized carbons (Fsp3) is 0.353. The average molecular weight is 284 g/mol. The maximum atomic E-state index is 4.28. The van der Waals surface area contributed by atoms with Crippen molar-refractivity contribution in [1.29, 1.82) is 0 Å². The quantitative estimate of drug-likeness (QED) is 0.903. The summed E-state index contributed by atoms with van der Waals surface area (Å²) in [5.74, 6) is 0. The van der Waals surface area contributed by atoms with Crippen LogP contribution in [0.25, 0.3) is 0 Å². The van der Waals surface area contributed by atoms with Crippen molar-refractivity contribution in [3.63, 3.8) is 0 Å². The van der Waals surface area contributed by atoms with Crippen molar-refractivity contribution in [3.05, 3.63) is 59.9 Å². The molecule has 2 atom stereocenters. The molecule has 3 heteroatoms. The molecule has 1 aromatic carbocycles. The Morgan fingerprint density at radius 1 is 1.30 bits per heavy atom. The van der Waals surface area contributed by atoms with Gasteiger partial charge in [-0.15, -0.1) is 11.8 Å². The van der Waals surface area contributed by atoms with E-state index in [4.69, 9.17) is 0 Å². The van der Waals surface area contributed by atoms with E-state index in [1.165, 1.54) is 16.0 Å². The van der Waals surface area contributed by atoms with Crippen molar-refractivity contribution in [2.45, 2.75) is 36.0 Å². The van der Waals surface area contributed by atoms with E-state index in [1.54, 1.807) is 0 Å². The van der Waals surface area contributed by atoms with Gasteiger partial charge in [0.15, 0.2) is 0 Å². The van der Waals surface area contributed by atoms with Crippen LogP contribution in [0.15, 0.2) is 53.7 Å². The van der Waals surface area contributed by atoms with E-state index < -0.39 is 0 Å². The Bertz CT molecular complexity index is 531. The normalized spacial score (nSPS) is 18.8. The second-order valence-electron chi connectivity index (χ2n) is 5.19. The summed E-state index contributed by atoms with van der Waals surface area (Å²) in [5, 5.41) is 4.26. The number of thioether (sulfide) groups is 1. The minimum absolute atomic E-state index is 0.376. The van der Waals surface area contributed by atoms with E-state index in [-0.39, 0.29) is 0 Å². The zero-order valence-corrected chi connectivity index (χ0v) is 12.6. The van der Waals surface area contributed by atoms with Crippen molar-refractivity contribution in [3.8, 4) is 0 Å². The summed E-state index contributed by atoms with van der Waals surface area (Å²) in [4.78, 5) is 5.72. The molecule has 0 bridgehead atoms. The summed E-state index contributed by atoms with van der Waals surface area (Å²) in [6.45, 7) is 3.26. The van der Waals surface area contributed by atoms with Crippen LogP contribution in [0.1, 0.15) is 30.5 Å². The molecular weight excluding hydrogens is 264 g/mol. The van der Waals surface area contributed by atoms with Gasteiger partial charge in [-0.1, -0.05) is 31.2 Å². The van der Waals surface area contributed by atoms with E-state index >= 15 is 0 Å². The molecule has 1 N–H and O–H groups in total. The topological polar surface area (TPSA) is 24.9 Å². The van der Waals surface area contributed by atoms with E-state index in [2.05, 4.69) is 47.6 Å². The number of hydrogen-bond donors (Lipinski definition) is 1. The van der Waals surface area contributed by atoms with Gasteiger partial charge in [-0.3, -0.25) is 4.98 Å². The maximum absolute atomic E-state index is 4.28. The van der Waals surface area contributed by atoms with Crippen LogP contribution in [-0.2, 0) is 6.42 Å². The zero-order chi connectivity index (χ0) is 13.8. The summed E-state index contributed by atoms with van der Waals surface area (Å²) in [5.41, 5.74) is 2.78. The number of nitrogens with one attached hydrogen (secondary N) is 1. The Hall–Kier alpha value is -1.32.